The van der Waals surface area contributed by atoms with Gasteiger partial charge in [0.2, 0.25) is 5.91 Å². The Morgan fingerprint density at radius 2 is 2.32 bits per heavy atom. The van der Waals surface area contributed by atoms with Crippen molar-refractivity contribution in [3.05, 3.63) is 36.2 Å². The van der Waals surface area contributed by atoms with Crippen LogP contribution in [0.5, 0.6) is 0 Å². The number of nitrogens with zero attached hydrogens (tertiary/aromatic N) is 3. The van der Waals surface area contributed by atoms with E-state index in [4.69, 9.17) is 5.11 Å². The molecule has 0 atom stereocenters. The molecule has 100 valence electrons. The van der Waals surface area contributed by atoms with Crippen molar-refractivity contribution in [2.75, 3.05) is 6.54 Å². The van der Waals surface area contributed by atoms with Crippen molar-refractivity contribution in [3.63, 3.8) is 0 Å². The topological polar surface area (TPSA) is 113 Å². The van der Waals surface area contributed by atoms with Crippen molar-refractivity contribution in [1.82, 2.24) is 25.1 Å². The second-order valence-electron chi connectivity index (χ2n) is 3.86. The van der Waals surface area contributed by atoms with Crippen LogP contribution in [0.25, 0.3) is 0 Å². The summed E-state index contributed by atoms with van der Waals surface area (Å²) in [4.78, 5) is 26.4. The number of hydrogen-bond acceptors (Lipinski definition) is 4. The van der Waals surface area contributed by atoms with Gasteiger partial charge >= 0.3 is 5.97 Å². The van der Waals surface area contributed by atoms with Crippen molar-refractivity contribution >= 4 is 11.9 Å². The molecule has 0 aromatic carbocycles. The zero-order valence-corrected chi connectivity index (χ0v) is 10.0. The number of rotatable bonds is 6. The zero-order chi connectivity index (χ0) is 13.7. The molecule has 0 unspecified atom stereocenters. The van der Waals surface area contributed by atoms with Crippen LogP contribution in [0.3, 0.4) is 0 Å². The first kappa shape index (κ1) is 12.8. The van der Waals surface area contributed by atoms with Gasteiger partial charge in [-0.1, -0.05) is 0 Å². The first-order valence-electron chi connectivity index (χ1n) is 5.66. The second-order valence-corrected chi connectivity index (χ2v) is 3.86. The number of carboxylic acids is 1. The number of carbonyl (C=O) groups is 2. The number of nitrogens with one attached hydrogen (secondary N) is 2. The Hall–Kier alpha value is -2.64. The number of H-pyrrole nitrogens is 1. The van der Waals surface area contributed by atoms with Gasteiger partial charge < -0.3 is 15.0 Å². The summed E-state index contributed by atoms with van der Waals surface area (Å²) in [5.74, 6) is -0.620. The van der Waals surface area contributed by atoms with Gasteiger partial charge in [0.05, 0.1) is 0 Å². The van der Waals surface area contributed by atoms with E-state index < -0.39 is 5.97 Å². The number of amides is 1. The molecule has 0 aliphatic heterocycles. The minimum absolute atomic E-state index is 0.0228. The van der Waals surface area contributed by atoms with E-state index in [0.717, 1.165) is 0 Å². The molecule has 2 aromatic heterocycles. The molecule has 2 aromatic rings. The van der Waals surface area contributed by atoms with E-state index >= 15 is 0 Å². The van der Waals surface area contributed by atoms with Crippen LogP contribution in [0.15, 0.2) is 24.7 Å². The minimum atomic E-state index is -1.06. The minimum Gasteiger partial charge on any atom is -0.477 e. The molecule has 8 nitrogen and oxygen atoms in total. The summed E-state index contributed by atoms with van der Waals surface area (Å²) in [7, 11) is 0. The van der Waals surface area contributed by atoms with Crippen molar-refractivity contribution in [1.29, 1.82) is 0 Å². The normalized spacial score (nSPS) is 10.3. The molecule has 0 spiro atoms. The molecule has 0 fully saturated rings. The van der Waals surface area contributed by atoms with E-state index in [1.54, 1.807) is 12.3 Å². The lowest BCUT2D eigenvalue weighted by molar-refractivity contribution is -0.121. The molecule has 8 heteroatoms. The van der Waals surface area contributed by atoms with Crippen LogP contribution in [0, 0.1) is 0 Å². The highest BCUT2D eigenvalue weighted by Crippen LogP contribution is 2.01. The molecule has 2 rings (SSSR count). The van der Waals surface area contributed by atoms with Crippen LogP contribution >= 0.6 is 0 Å². The molecule has 19 heavy (non-hydrogen) atoms. The first-order valence-corrected chi connectivity index (χ1v) is 5.66. The largest absolute Gasteiger partial charge is 0.477 e. The summed E-state index contributed by atoms with van der Waals surface area (Å²) in [6.45, 7) is 0.392. The monoisotopic (exact) mass is 263 g/mol. The van der Waals surface area contributed by atoms with Crippen molar-refractivity contribution in [3.8, 4) is 0 Å². The van der Waals surface area contributed by atoms with Crippen LogP contribution in [-0.2, 0) is 17.8 Å². The quantitative estimate of drug-likeness (QED) is 0.660. The van der Waals surface area contributed by atoms with Crippen LogP contribution in [-0.4, -0.2) is 43.3 Å². The summed E-state index contributed by atoms with van der Waals surface area (Å²) < 4.78 is 1.38. The molecule has 0 saturated heterocycles. The Kier molecular flexibility index (Phi) is 3.91. The lowest BCUT2D eigenvalue weighted by Crippen LogP contribution is -2.30. The fraction of sp³-hybridized carbons (Fsp3) is 0.273. The van der Waals surface area contributed by atoms with Crippen LogP contribution < -0.4 is 5.32 Å². The fourth-order valence-corrected chi connectivity index (χ4v) is 1.63. The molecular weight excluding hydrogens is 250 g/mol. The number of carboxylic acid groups (broad SMARTS) is 1. The van der Waals surface area contributed by atoms with E-state index in [0.29, 0.717) is 18.8 Å². The van der Waals surface area contributed by atoms with Gasteiger partial charge in [-0.05, 0) is 12.1 Å². The highest BCUT2D eigenvalue weighted by molar-refractivity contribution is 5.86. The Balaban J connectivity index is 1.81. The number of aromatic carboxylic acids is 1. The standard InChI is InChI=1S/C11H13N5O3/c17-10(12-4-3-9-13-7-14-15-9)6-16-5-1-2-8(16)11(18)19/h1-2,5,7H,3-4,6H2,(H,12,17)(H,18,19)(H,13,14,15). The number of hydrogen-bond donors (Lipinski definition) is 3. The predicted molar refractivity (Wildman–Crippen MR) is 64.5 cm³/mol. The van der Waals surface area contributed by atoms with Gasteiger partial charge in [-0.25, -0.2) is 9.78 Å². The van der Waals surface area contributed by atoms with Crippen LogP contribution in [0.4, 0.5) is 0 Å². The Labute approximate surface area is 108 Å². The second kappa shape index (κ2) is 5.80. The van der Waals surface area contributed by atoms with Crippen LogP contribution in [0.1, 0.15) is 16.3 Å². The fourth-order valence-electron chi connectivity index (χ4n) is 1.63. The number of aromatic nitrogens is 4. The summed E-state index contributed by atoms with van der Waals surface area (Å²) >= 11 is 0. The maximum Gasteiger partial charge on any atom is 0.352 e. The third-order valence-corrected chi connectivity index (χ3v) is 2.51. The van der Waals surface area contributed by atoms with Gasteiger partial charge in [-0.3, -0.25) is 9.89 Å². The molecular formula is C11H13N5O3. The maximum atomic E-state index is 11.6. The summed E-state index contributed by atoms with van der Waals surface area (Å²) in [6, 6.07) is 3.04. The average Bonchev–Trinajstić information content (AvgIpc) is 2.99. The lowest BCUT2D eigenvalue weighted by Gasteiger charge is -2.07. The van der Waals surface area contributed by atoms with E-state index in [9.17, 15) is 9.59 Å². The molecule has 0 radical (unpaired) electrons. The molecule has 0 aliphatic rings. The third-order valence-electron chi connectivity index (χ3n) is 2.51. The molecule has 1 amide bonds. The lowest BCUT2D eigenvalue weighted by atomic mass is 10.4. The highest BCUT2D eigenvalue weighted by Gasteiger charge is 2.11. The summed E-state index contributed by atoms with van der Waals surface area (Å²) in [5, 5.41) is 18.0. The number of carbonyl (C=O) groups excluding carboxylic acids is 1. The van der Waals surface area contributed by atoms with Gasteiger partial charge in [-0.2, -0.15) is 5.10 Å². The third kappa shape index (κ3) is 3.41. The van der Waals surface area contributed by atoms with E-state index in [1.807, 2.05) is 0 Å². The van der Waals surface area contributed by atoms with Gasteiger partial charge in [-0.15, -0.1) is 0 Å². The van der Waals surface area contributed by atoms with Gasteiger partial charge in [0.25, 0.3) is 0 Å². The highest BCUT2D eigenvalue weighted by atomic mass is 16.4. The predicted octanol–water partition coefficient (Wildman–Crippen LogP) is -0.337. The maximum absolute atomic E-state index is 11.6. The van der Waals surface area contributed by atoms with Gasteiger partial charge in [0, 0.05) is 19.2 Å². The summed E-state index contributed by atoms with van der Waals surface area (Å²) in [6.07, 6.45) is 3.50. The summed E-state index contributed by atoms with van der Waals surface area (Å²) in [5.41, 5.74) is 0.0883. The van der Waals surface area contributed by atoms with E-state index in [2.05, 4.69) is 20.5 Å². The first-order chi connectivity index (χ1) is 9.16. The molecule has 3 N–H and O–H groups in total. The average molecular weight is 263 g/mol. The van der Waals surface area contributed by atoms with Crippen molar-refractivity contribution in [2.24, 2.45) is 0 Å². The SMILES string of the molecule is O=C(Cn1cccc1C(=O)O)NCCc1ncn[nH]1. The Morgan fingerprint density at radius 1 is 1.47 bits per heavy atom. The number of aromatic amines is 1. The van der Waals surface area contributed by atoms with Gasteiger partial charge in [0.15, 0.2) is 0 Å². The molecule has 0 saturated carbocycles. The van der Waals surface area contributed by atoms with E-state index in [-0.39, 0.29) is 18.1 Å². The van der Waals surface area contributed by atoms with Crippen LogP contribution in [0.2, 0.25) is 0 Å². The van der Waals surface area contributed by atoms with Crippen molar-refractivity contribution < 1.29 is 14.7 Å². The Morgan fingerprint density at radius 3 is 3.00 bits per heavy atom. The zero-order valence-electron chi connectivity index (χ0n) is 10.0. The van der Waals surface area contributed by atoms with Gasteiger partial charge in [0.1, 0.15) is 24.4 Å². The molecule has 0 bridgehead atoms. The Bertz CT molecular complexity index is 561. The smallest absolute Gasteiger partial charge is 0.352 e. The van der Waals surface area contributed by atoms with E-state index in [1.165, 1.54) is 17.0 Å². The molecule has 0 aliphatic carbocycles. The molecule has 2 heterocycles. The van der Waals surface area contributed by atoms with Crippen molar-refractivity contribution in [2.45, 2.75) is 13.0 Å².